The predicted octanol–water partition coefficient (Wildman–Crippen LogP) is 3.22. The first kappa shape index (κ1) is 13.7. The Morgan fingerprint density at radius 2 is 1.94 bits per heavy atom. The summed E-state index contributed by atoms with van der Waals surface area (Å²) in [5.41, 5.74) is 8.43. The van der Waals surface area contributed by atoms with E-state index in [0.29, 0.717) is 17.4 Å². The molecule has 0 amide bonds. The molecule has 4 heteroatoms. The molecule has 3 nitrogen and oxygen atoms in total. The first-order chi connectivity index (χ1) is 8.60. The summed E-state index contributed by atoms with van der Waals surface area (Å²) in [4.78, 5) is 0. The van der Waals surface area contributed by atoms with Gasteiger partial charge in [0.05, 0.1) is 18.7 Å². The largest absolute Gasteiger partial charge is 0.495 e. The van der Waals surface area contributed by atoms with Crippen LogP contribution in [0.15, 0.2) is 12.1 Å². The van der Waals surface area contributed by atoms with Crippen molar-refractivity contribution in [2.75, 3.05) is 14.2 Å². The fourth-order valence-electron chi connectivity index (χ4n) is 2.77. The lowest BCUT2D eigenvalue weighted by molar-refractivity contribution is 0.182. The highest BCUT2D eigenvalue weighted by molar-refractivity contribution is 6.32. The lowest BCUT2D eigenvalue weighted by atomic mass is 9.86. The highest BCUT2D eigenvalue weighted by atomic mass is 35.5. The van der Waals surface area contributed by atoms with Crippen LogP contribution in [-0.4, -0.2) is 14.2 Å². The molecule has 2 N–H and O–H groups in total. The van der Waals surface area contributed by atoms with E-state index in [9.17, 15) is 0 Å². The van der Waals surface area contributed by atoms with Crippen molar-refractivity contribution in [3.63, 3.8) is 0 Å². The van der Waals surface area contributed by atoms with Gasteiger partial charge >= 0.3 is 0 Å². The minimum Gasteiger partial charge on any atom is -0.495 e. The van der Waals surface area contributed by atoms with E-state index in [4.69, 9.17) is 26.8 Å². The summed E-state index contributed by atoms with van der Waals surface area (Å²) in [5.74, 6) is 0.675. The maximum absolute atomic E-state index is 6.52. The van der Waals surface area contributed by atoms with E-state index in [1.54, 1.807) is 14.2 Å². The average Bonchev–Trinajstić information content (AvgIpc) is 2.79. The molecule has 1 saturated carbocycles. The number of rotatable bonds is 4. The summed E-state index contributed by atoms with van der Waals surface area (Å²) in [6.07, 6.45) is 4.36. The number of nitrogens with two attached hydrogens (primary N) is 1. The highest BCUT2D eigenvalue weighted by Gasteiger charge is 2.33. The zero-order valence-corrected chi connectivity index (χ0v) is 11.7. The topological polar surface area (TPSA) is 44.5 Å². The summed E-state index contributed by atoms with van der Waals surface area (Å²) >= 11 is 6.22. The average molecular weight is 270 g/mol. The number of hydrogen-bond acceptors (Lipinski definition) is 3. The van der Waals surface area contributed by atoms with Gasteiger partial charge in [0.15, 0.2) is 0 Å². The van der Waals surface area contributed by atoms with Crippen molar-refractivity contribution >= 4 is 11.6 Å². The van der Waals surface area contributed by atoms with Crippen molar-refractivity contribution in [3.05, 3.63) is 28.3 Å². The molecular formula is C14H20ClNO2. The Hall–Kier alpha value is -0.770. The Bertz CT molecular complexity index is 428. The van der Waals surface area contributed by atoms with E-state index in [2.05, 4.69) is 0 Å². The third-order valence-electron chi connectivity index (χ3n) is 3.71. The quantitative estimate of drug-likeness (QED) is 0.913. The zero-order chi connectivity index (χ0) is 13.2. The number of halogens is 1. The number of benzene rings is 1. The predicted molar refractivity (Wildman–Crippen MR) is 73.1 cm³/mol. The first-order valence-electron chi connectivity index (χ1n) is 6.25. The van der Waals surface area contributed by atoms with Crippen molar-refractivity contribution in [1.82, 2.24) is 0 Å². The third kappa shape index (κ3) is 2.48. The monoisotopic (exact) mass is 269 g/mol. The van der Waals surface area contributed by atoms with Gasteiger partial charge in [0.25, 0.3) is 0 Å². The summed E-state index contributed by atoms with van der Waals surface area (Å²) < 4.78 is 10.5. The second kappa shape index (κ2) is 5.47. The van der Waals surface area contributed by atoms with Crippen LogP contribution in [0.1, 0.15) is 36.8 Å². The van der Waals surface area contributed by atoms with Crippen molar-refractivity contribution in [1.29, 1.82) is 0 Å². The molecule has 0 heterocycles. The Balaban J connectivity index is 2.47. The Morgan fingerprint density at radius 3 is 2.50 bits per heavy atom. The van der Waals surface area contributed by atoms with Gasteiger partial charge in [-0.05, 0) is 36.1 Å². The normalized spacial score (nSPS) is 18.0. The maximum Gasteiger partial charge on any atom is 0.137 e. The van der Waals surface area contributed by atoms with Gasteiger partial charge in [-0.3, -0.25) is 0 Å². The molecule has 0 atom stereocenters. The van der Waals surface area contributed by atoms with E-state index >= 15 is 0 Å². The van der Waals surface area contributed by atoms with Gasteiger partial charge in [-0.1, -0.05) is 24.4 Å². The summed E-state index contributed by atoms with van der Waals surface area (Å²) in [6, 6.07) is 3.88. The van der Waals surface area contributed by atoms with Gasteiger partial charge < -0.3 is 15.2 Å². The second-order valence-electron chi connectivity index (χ2n) is 4.94. The van der Waals surface area contributed by atoms with Crippen molar-refractivity contribution in [3.8, 4) is 5.75 Å². The molecule has 0 radical (unpaired) electrons. The van der Waals surface area contributed by atoms with Gasteiger partial charge in [0, 0.05) is 12.6 Å². The Morgan fingerprint density at radius 1 is 1.28 bits per heavy atom. The van der Waals surface area contributed by atoms with Crippen LogP contribution in [0.5, 0.6) is 5.75 Å². The molecular weight excluding hydrogens is 250 g/mol. The van der Waals surface area contributed by atoms with Crippen molar-refractivity contribution in [2.45, 2.75) is 37.8 Å². The lowest BCUT2D eigenvalue weighted by Gasteiger charge is -2.27. The first-order valence-corrected chi connectivity index (χ1v) is 6.63. The van der Waals surface area contributed by atoms with Gasteiger partial charge in [-0.25, -0.2) is 0 Å². The Labute approximate surface area is 113 Å². The van der Waals surface area contributed by atoms with E-state index < -0.39 is 0 Å². The third-order valence-corrected chi connectivity index (χ3v) is 4.01. The molecule has 0 bridgehead atoms. The fraction of sp³-hybridized carbons (Fsp3) is 0.571. The van der Waals surface area contributed by atoms with E-state index in [0.717, 1.165) is 24.0 Å². The number of methoxy groups -OCH3 is 2. The van der Waals surface area contributed by atoms with Crippen molar-refractivity contribution < 1.29 is 9.47 Å². The molecule has 1 fully saturated rings. The molecule has 1 aliphatic carbocycles. The van der Waals surface area contributed by atoms with E-state index in [-0.39, 0.29) is 5.54 Å². The molecule has 0 spiro atoms. The van der Waals surface area contributed by atoms with E-state index in [1.807, 2.05) is 12.1 Å². The molecule has 0 saturated heterocycles. The van der Waals surface area contributed by atoms with Crippen LogP contribution in [0.25, 0.3) is 0 Å². The zero-order valence-electron chi connectivity index (χ0n) is 11.0. The highest BCUT2D eigenvalue weighted by Crippen LogP contribution is 2.41. The molecule has 2 rings (SSSR count). The van der Waals surface area contributed by atoms with Crippen LogP contribution >= 0.6 is 11.6 Å². The molecule has 1 aromatic rings. The van der Waals surface area contributed by atoms with Gasteiger partial charge in [-0.2, -0.15) is 0 Å². The maximum atomic E-state index is 6.52. The number of hydrogen-bond donors (Lipinski definition) is 1. The SMILES string of the molecule is COCc1cc(OC)c(Cl)cc1C1(N)CCCC1. The van der Waals surface area contributed by atoms with Crippen LogP contribution in [0.3, 0.4) is 0 Å². The van der Waals surface area contributed by atoms with Crippen molar-refractivity contribution in [2.24, 2.45) is 5.73 Å². The summed E-state index contributed by atoms with van der Waals surface area (Å²) in [6.45, 7) is 0.530. The Kier molecular flexibility index (Phi) is 4.15. The summed E-state index contributed by atoms with van der Waals surface area (Å²) in [7, 11) is 3.30. The molecule has 1 aliphatic rings. The standard InChI is InChI=1S/C14H20ClNO2/c1-17-9-10-7-13(18-2)12(15)8-11(10)14(16)5-3-4-6-14/h7-8H,3-6,9,16H2,1-2H3. The second-order valence-corrected chi connectivity index (χ2v) is 5.35. The molecule has 1 aromatic carbocycles. The minimum atomic E-state index is -0.260. The van der Waals surface area contributed by atoms with Crippen LogP contribution in [-0.2, 0) is 16.9 Å². The fourth-order valence-corrected chi connectivity index (χ4v) is 3.01. The van der Waals surface area contributed by atoms with Crippen LogP contribution in [0, 0.1) is 0 Å². The molecule has 0 unspecified atom stereocenters. The van der Waals surface area contributed by atoms with Gasteiger partial charge in [0.1, 0.15) is 5.75 Å². The minimum absolute atomic E-state index is 0.260. The molecule has 100 valence electrons. The van der Waals surface area contributed by atoms with Crippen LogP contribution < -0.4 is 10.5 Å². The van der Waals surface area contributed by atoms with Crippen LogP contribution in [0.2, 0.25) is 5.02 Å². The summed E-state index contributed by atoms with van der Waals surface area (Å²) in [5, 5.41) is 0.615. The van der Waals surface area contributed by atoms with Crippen LogP contribution in [0.4, 0.5) is 0 Å². The van der Waals surface area contributed by atoms with Gasteiger partial charge in [-0.15, -0.1) is 0 Å². The lowest BCUT2D eigenvalue weighted by Crippen LogP contribution is -2.34. The molecule has 18 heavy (non-hydrogen) atoms. The number of ether oxygens (including phenoxy) is 2. The molecule has 0 aromatic heterocycles. The van der Waals surface area contributed by atoms with E-state index in [1.165, 1.54) is 12.8 Å². The smallest absolute Gasteiger partial charge is 0.137 e. The van der Waals surface area contributed by atoms with Gasteiger partial charge in [0.2, 0.25) is 0 Å². The molecule has 0 aliphatic heterocycles.